The first-order valence-corrected chi connectivity index (χ1v) is 20.4. The number of nitrogens with zero attached hydrogens (tertiary/aromatic N) is 2. The molecule has 5 fully saturated rings. The van der Waals surface area contributed by atoms with Gasteiger partial charge < -0.3 is 9.47 Å². The van der Waals surface area contributed by atoms with Gasteiger partial charge in [-0.25, -0.2) is 0 Å². The van der Waals surface area contributed by atoms with Crippen molar-refractivity contribution < 1.29 is 0 Å². The Kier molecular flexibility index (Phi) is 7.82. The molecule has 1 aliphatic heterocycles. The Morgan fingerprint density at radius 1 is 0.660 bits per heavy atom. The van der Waals surface area contributed by atoms with Gasteiger partial charge in [-0.1, -0.05) is 99.6 Å². The summed E-state index contributed by atoms with van der Waals surface area (Å²) in [6, 6.07) is 22.6. The Hall–Kier alpha value is -2.74. The van der Waals surface area contributed by atoms with E-state index < -0.39 is 0 Å². The van der Waals surface area contributed by atoms with Gasteiger partial charge in [0.05, 0.1) is 6.04 Å². The van der Waals surface area contributed by atoms with Crippen molar-refractivity contribution in [2.24, 2.45) is 29.1 Å². The molecular formula is C48H66N2. The highest BCUT2D eigenvalue weighted by atomic mass is 15.3. The van der Waals surface area contributed by atoms with Crippen molar-refractivity contribution in [2.75, 3.05) is 4.90 Å². The number of rotatable bonds is 5. The number of fused-ring (bicyclic) bond motifs is 3. The van der Waals surface area contributed by atoms with Gasteiger partial charge in [0.2, 0.25) is 0 Å². The Morgan fingerprint density at radius 3 is 1.54 bits per heavy atom. The monoisotopic (exact) mass is 671 g/mol. The first-order chi connectivity index (χ1) is 23.4. The van der Waals surface area contributed by atoms with Crippen molar-refractivity contribution in [3.05, 3.63) is 76.9 Å². The summed E-state index contributed by atoms with van der Waals surface area (Å²) in [5, 5.41) is 2.87. The number of para-hydroxylation sites is 1. The van der Waals surface area contributed by atoms with Crippen molar-refractivity contribution in [1.82, 2.24) is 4.57 Å². The third-order valence-electron chi connectivity index (χ3n) is 14.5. The van der Waals surface area contributed by atoms with Gasteiger partial charge in [0.25, 0.3) is 0 Å². The quantitative estimate of drug-likeness (QED) is 0.205. The van der Waals surface area contributed by atoms with Gasteiger partial charge in [-0.3, -0.25) is 0 Å². The van der Waals surface area contributed by atoms with E-state index in [-0.39, 0.29) is 16.4 Å². The van der Waals surface area contributed by atoms with E-state index in [0.29, 0.717) is 23.3 Å². The van der Waals surface area contributed by atoms with Crippen LogP contribution in [0.25, 0.3) is 21.8 Å². The lowest BCUT2D eigenvalue weighted by Crippen LogP contribution is -2.59. The summed E-state index contributed by atoms with van der Waals surface area (Å²) >= 11 is 0. The molecule has 1 saturated heterocycles. The molecule has 9 rings (SSSR count). The van der Waals surface area contributed by atoms with E-state index >= 15 is 0 Å². The van der Waals surface area contributed by atoms with Crippen LogP contribution in [-0.2, 0) is 17.4 Å². The lowest BCUT2D eigenvalue weighted by molar-refractivity contribution is -0.116. The fraction of sp³-hybridized carbons (Fsp3) is 0.625. The standard InChI is InChI=1S/C48H66N2/c1-29(2)37-14-13-15-38(30(3)4)44(37)50-43(48(28-47(50,11)12)35-21-31-20-32(23-35)24-36(48)22-31)27-49-41-18-16-33(45(5,6)7)25-39(41)40-26-34(46(8,9)10)17-19-42(40)49/h13-19,25-26,29-32,35-36,43H,20-24,27-28H2,1-12H3. The van der Waals surface area contributed by atoms with Gasteiger partial charge in [-0.2, -0.15) is 0 Å². The number of benzene rings is 3. The van der Waals surface area contributed by atoms with Gasteiger partial charge in [-0.05, 0) is 145 Å². The van der Waals surface area contributed by atoms with Crippen molar-refractivity contribution in [2.45, 2.75) is 162 Å². The van der Waals surface area contributed by atoms with Crippen LogP contribution < -0.4 is 4.90 Å². The van der Waals surface area contributed by atoms with Crippen LogP contribution in [0.15, 0.2) is 54.6 Å². The second-order valence-electron chi connectivity index (χ2n) is 21.0. The SMILES string of the molecule is CC(C)c1cccc(C(C)C)c1N1C(Cn2c3ccc(C(C)(C)C)cc3c3cc(C(C)(C)C)ccc32)C2(CC1(C)C)C1CC3CC(C1)CC2C3. The summed E-state index contributed by atoms with van der Waals surface area (Å²) in [6.45, 7) is 30.2. The molecule has 5 aliphatic rings. The Balaban J connectivity index is 1.40. The van der Waals surface area contributed by atoms with Crippen LogP contribution in [0.3, 0.4) is 0 Å². The highest BCUT2D eigenvalue weighted by Gasteiger charge is 2.67. The molecule has 4 saturated carbocycles. The first-order valence-electron chi connectivity index (χ1n) is 20.4. The molecule has 0 radical (unpaired) electrons. The largest absolute Gasteiger partial charge is 0.361 e. The van der Waals surface area contributed by atoms with E-state index in [2.05, 4.69) is 147 Å². The normalized spacial score (nSPS) is 29.2. The zero-order valence-electron chi connectivity index (χ0n) is 33.6. The maximum absolute atomic E-state index is 3.07. The molecule has 1 spiro atoms. The number of hydrogen-bond donors (Lipinski definition) is 0. The molecule has 0 N–H and O–H groups in total. The number of anilines is 1. The molecule has 50 heavy (non-hydrogen) atoms. The molecular weight excluding hydrogens is 605 g/mol. The van der Waals surface area contributed by atoms with E-state index in [4.69, 9.17) is 0 Å². The predicted molar refractivity (Wildman–Crippen MR) is 216 cm³/mol. The van der Waals surface area contributed by atoms with Crippen molar-refractivity contribution in [3.8, 4) is 0 Å². The molecule has 4 bridgehead atoms. The van der Waals surface area contributed by atoms with Gasteiger partial charge in [0.15, 0.2) is 0 Å². The fourth-order valence-corrected chi connectivity index (χ4v) is 12.4. The maximum Gasteiger partial charge on any atom is 0.0537 e. The summed E-state index contributed by atoms with van der Waals surface area (Å²) in [4.78, 5) is 3.07. The molecule has 1 unspecified atom stereocenters. The molecule has 4 aromatic rings. The van der Waals surface area contributed by atoms with Crippen LogP contribution in [-0.4, -0.2) is 16.1 Å². The molecule has 4 aliphatic carbocycles. The Labute approximate surface area is 304 Å². The van der Waals surface area contributed by atoms with E-state index in [1.54, 1.807) is 16.8 Å². The molecule has 2 heteroatoms. The lowest BCUT2D eigenvalue weighted by Gasteiger charge is -2.62. The summed E-state index contributed by atoms with van der Waals surface area (Å²) in [6.07, 6.45) is 8.69. The molecule has 0 amide bonds. The number of aromatic nitrogens is 1. The average Bonchev–Trinajstić information content (AvgIpc) is 3.45. The van der Waals surface area contributed by atoms with E-state index in [1.165, 1.54) is 71.5 Å². The second kappa shape index (κ2) is 11.4. The van der Waals surface area contributed by atoms with Gasteiger partial charge in [-0.15, -0.1) is 0 Å². The van der Waals surface area contributed by atoms with Crippen molar-refractivity contribution >= 4 is 27.5 Å². The van der Waals surface area contributed by atoms with Crippen molar-refractivity contribution in [1.29, 1.82) is 0 Å². The van der Waals surface area contributed by atoms with Crippen LogP contribution in [0.1, 0.15) is 156 Å². The molecule has 1 atom stereocenters. The molecule has 3 aromatic carbocycles. The van der Waals surface area contributed by atoms with Crippen LogP contribution in [0.2, 0.25) is 0 Å². The zero-order chi connectivity index (χ0) is 35.7. The Bertz CT molecular complexity index is 1810. The second-order valence-corrected chi connectivity index (χ2v) is 21.0. The van der Waals surface area contributed by atoms with Gasteiger partial charge >= 0.3 is 0 Å². The van der Waals surface area contributed by atoms with Crippen LogP contribution >= 0.6 is 0 Å². The van der Waals surface area contributed by atoms with Gasteiger partial charge in [0.1, 0.15) is 0 Å². The fourth-order valence-electron chi connectivity index (χ4n) is 12.4. The summed E-state index contributed by atoms with van der Waals surface area (Å²) in [7, 11) is 0. The predicted octanol–water partition coefficient (Wildman–Crippen LogP) is 13.1. The van der Waals surface area contributed by atoms with E-state index in [0.717, 1.165) is 30.2 Å². The third-order valence-corrected chi connectivity index (χ3v) is 14.5. The zero-order valence-corrected chi connectivity index (χ0v) is 33.6. The average molecular weight is 671 g/mol. The van der Waals surface area contributed by atoms with Crippen molar-refractivity contribution in [3.63, 3.8) is 0 Å². The van der Waals surface area contributed by atoms with Crippen LogP contribution in [0, 0.1) is 29.1 Å². The molecule has 2 heterocycles. The smallest absolute Gasteiger partial charge is 0.0537 e. The van der Waals surface area contributed by atoms with Crippen LogP contribution in [0.4, 0.5) is 5.69 Å². The van der Waals surface area contributed by atoms with E-state index in [9.17, 15) is 0 Å². The molecule has 268 valence electrons. The highest BCUT2D eigenvalue weighted by Crippen LogP contribution is 2.70. The molecule has 2 nitrogen and oxygen atoms in total. The van der Waals surface area contributed by atoms with Gasteiger partial charge in [0, 0.05) is 45.0 Å². The highest BCUT2D eigenvalue weighted by molar-refractivity contribution is 6.08. The minimum absolute atomic E-state index is 0.0756. The lowest BCUT2D eigenvalue weighted by atomic mass is 9.43. The third kappa shape index (κ3) is 5.15. The summed E-state index contributed by atoms with van der Waals surface area (Å²) < 4.78 is 2.81. The summed E-state index contributed by atoms with van der Waals surface area (Å²) in [5.41, 5.74) is 11.0. The number of hydrogen-bond acceptors (Lipinski definition) is 1. The minimum Gasteiger partial charge on any atom is -0.361 e. The Morgan fingerprint density at radius 2 is 1.12 bits per heavy atom. The minimum atomic E-state index is 0.0756. The van der Waals surface area contributed by atoms with Crippen LogP contribution in [0.5, 0.6) is 0 Å². The maximum atomic E-state index is 3.07. The first kappa shape index (κ1) is 34.4. The topological polar surface area (TPSA) is 8.17 Å². The molecule has 1 aromatic heterocycles. The van der Waals surface area contributed by atoms with E-state index in [1.807, 2.05) is 0 Å². The summed E-state index contributed by atoms with van der Waals surface area (Å²) in [5.74, 6) is 4.58.